The van der Waals surface area contributed by atoms with E-state index in [1.807, 2.05) is 18.2 Å². The Morgan fingerprint density at radius 2 is 2.17 bits per heavy atom. The zero-order valence-corrected chi connectivity index (χ0v) is 7.81. The third-order valence-corrected chi connectivity index (χ3v) is 2.25. The highest BCUT2D eigenvalue weighted by Gasteiger charge is 2.13. The van der Waals surface area contributed by atoms with Gasteiger partial charge in [0.05, 0.1) is 12.1 Å². The topological polar surface area (TPSA) is 41.1 Å². The number of nitrogens with one attached hydrogen (secondary N) is 2. The van der Waals surface area contributed by atoms with Gasteiger partial charge in [-0.1, -0.05) is 15.9 Å². The zero-order chi connectivity index (χ0) is 8.55. The molecule has 1 amide bonds. The summed E-state index contributed by atoms with van der Waals surface area (Å²) in [6, 6.07) is 5.81. The van der Waals surface area contributed by atoms with E-state index in [9.17, 15) is 4.79 Å². The summed E-state index contributed by atoms with van der Waals surface area (Å²) < 4.78 is 0.998. The van der Waals surface area contributed by atoms with Gasteiger partial charge in [0, 0.05) is 4.47 Å². The van der Waals surface area contributed by atoms with E-state index in [-0.39, 0.29) is 5.91 Å². The second-order valence-corrected chi connectivity index (χ2v) is 3.57. The van der Waals surface area contributed by atoms with Gasteiger partial charge < -0.3 is 0 Å². The first kappa shape index (κ1) is 7.61. The summed E-state index contributed by atoms with van der Waals surface area (Å²) in [5.74, 6) is 0.000556. The lowest BCUT2D eigenvalue weighted by Gasteiger charge is -2.18. The molecule has 2 rings (SSSR count). The summed E-state index contributed by atoms with van der Waals surface area (Å²) in [5, 5.41) is 0. The summed E-state index contributed by atoms with van der Waals surface area (Å²) >= 11 is 3.35. The van der Waals surface area contributed by atoms with Crippen LogP contribution in [-0.4, -0.2) is 5.91 Å². The van der Waals surface area contributed by atoms with Gasteiger partial charge in [0.2, 0.25) is 5.91 Å². The van der Waals surface area contributed by atoms with Crippen molar-refractivity contribution in [1.29, 1.82) is 0 Å². The zero-order valence-electron chi connectivity index (χ0n) is 6.23. The highest BCUT2D eigenvalue weighted by molar-refractivity contribution is 9.10. The molecule has 1 heterocycles. The van der Waals surface area contributed by atoms with Gasteiger partial charge in [-0.3, -0.25) is 15.6 Å². The van der Waals surface area contributed by atoms with Crippen LogP contribution in [0.5, 0.6) is 0 Å². The van der Waals surface area contributed by atoms with E-state index in [0.717, 1.165) is 15.7 Å². The van der Waals surface area contributed by atoms with Crippen LogP contribution >= 0.6 is 15.9 Å². The van der Waals surface area contributed by atoms with Crippen molar-refractivity contribution >= 4 is 27.5 Å². The molecule has 1 aliphatic heterocycles. The third kappa shape index (κ3) is 1.30. The molecule has 62 valence electrons. The maximum Gasteiger partial charge on any atom is 0.242 e. The second kappa shape index (κ2) is 2.79. The minimum absolute atomic E-state index is 0.000556. The molecule has 0 spiro atoms. The van der Waals surface area contributed by atoms with Gasteiger partial charge >= 0.3 is 0 Å². The van der Waals surface area contributed by atoms with Crippen LogP contribution in [0.1, 0.15) is 5.56 Å². The van der Waals surface area contributed by atoms with Crippen LogP contribution in [-0.2, 0) is 11.2 Å². The summed E-state index contributed by atoms with van der Waals surface area (Å²) in [6.45, 7) is 0. The summed E-state index contributed by atoms with van der Waals surface area (Å²) in [5.41, 5.74) is 7.36. The highest BCUT2D eigenvalue weighted by atomic mass is 79.9. The van der Waals surface area contributed by atoms with E-state index in [1.54, 1.807) is 0 Å². The van der Waals surface area contributed by atoms with Crippen LogP contribution in [0, 0.1) is 0 Å². The van der Waals surface area contributed by atoms with Crippen molar-refractivity contribution in [2.24, 2.45) is 0 Å². The van der Waals surface area contributed by atoms with Crippen molar-refractivity contribution in [3.63, 3.8) is 0 Å². The Kier molecular flexibility index (Phi) is 1.77. The number of rotatable bonds is 0. The third-order valence-electron chi connectivity index (χ3n) is 1.75. The molecule has 0 atom stereocenters. The van der Waals surface area contributed by atoms with Crippen molar-refractivity contribution in [1.82, 2.24) is 5.43 Å². The van der Waals surface area contributed by atoms with E-state index in [1.165, 1.54) is 0 Å². The normalized spacial score (nSPS) is 14.6. The predicted molar refractivity (Wildman–Crippen MR) is 49.6 cm³/mol. The number of carbonyl (C=O) groups is 1. The Hall–Kier alpha value is -1.03. The first-order valence-electron chi connectivity index (χ1n) is 3.59. The van der Waals surface area contributed by atoms with E-state index >= 15 is 0 Å². The Balaban J connectivity index is 2.44. The van der Waals surface area contributed by atoms with Crippen LogP contribution < -0.4 is 10.9 Å². The molecular formula is C8H7BrN2O. The van der Waals surface area contributed by atoms with Crippen LogP contribution in [0.2, 0.25) is 0 Å². The van der Waals surface area contributed by atoms with E-state index in [2.05, 4.69) is 26.8 Å². The predicted octanol–water partition coefficient (Wildman–Crippen LogP) is 1.45. The smallest absolute Gasteiger partial charge is 0.242 e. The second-order valence-electron chi connectivity index (χ2n) is 2.65. The maximum absolute atomic E-state index is 10.9. The van der Waals surface area contributed by atoms with Gasteiger partial charge in [-0.2, -0.15) is 0 Å². The summed E-state index contributed by atoms with van der Waals surface area (Å²) in [4.78, 5) is 10.9. The van der Waals surface area contributed by atoms with Crippen LogP contribution in [0.3, 0.4) is 0 Å². The van der Waals surface area contributed by atoms with Gasteiger partial charge in [-0.05, 0) is 23.8 Å². The average molecular weight is 227 g/mol. The first-order chi connectivity index (χ1) is 5.75. The minimum Gasteiger partial charge on any atom is -0.298 e. The highest BCUT2D eigenvalue weighted by Crippen LogP contribution is 2.22. The molecule has 0 aromatic heterocycles. The molecule has 4 heteroatoms. The number of hydrogen-bond donors (Lipinski definition) is 2. The molecule has 0 aliphatic carbocycles. The minimum atomic E-state index is 0.000556. The number of carbonyl (C=O) groups excluding carboxylic acids is 1. The van der Waals surface area contributed by atoms with Crippen LogP contribution in [0.25, 0.3) is 0 Å². The fourth-order valence-electron chi connectivity index (χ4n) is 1.18. The standard InChI is InChI=1S/C8H7BrN2O/c9-6-1-2-7-5(3-6)4-8(12)11-10-7/h1-3,10H,4H2,(H,11,12). The number of fused-ring (bicyclic) bond motifs is 1. The number of amides is 1. The van der Waals surface area contributed by atoms with Gasteiger partial charge in [0.1, 0.15) is 0 Å². The van der Waals surface area contributed by atoms with Gasteiger partial charge in [0.15, 0.2) is 0 Å². The Bertz CT molecular complexity index is 338. The van der Waals surface area contributed by atoms with Gasteiger partial charge in [0.25, 0.3) is 0 Å². The Morgan fingerprint density at radius 3 is 3.00 bits per heavy atom. The fourth-order valence-corrected chi connectivity index (χ4v) is 1.59. The van der Waals surface area contributed by atoms with Crippen molar-refractivity contribution in [3.05, 3.63) is 28.2 Å². The van der Waals surface area contributed by atoms with E-state index in [0.29, 0.717) is 6.42 Å². The van der Waals surface area contributed by atoms with Crippen molar-refractivity contribution in [2.45, 2.75) is 6.42 Å². The quantitative estimate of drug-likeness (QED) is 0.704. The number of anilines is 1. The molecule has 2 N–H and O–H groups in total. The molecule has 0 saturated heterocycles. The maximum atomic E-state index is 10.9. The fraction of sp³-hybridized carbons (Fsp3) is 0.125. The number of hydrogen-bond acceptors (Lipinski definition) is 2. The van der Waals surface area contributed by atoms with Crippen molar-refractivity contribution < 1.29 is 4.79 Å². The molecule has 0 bridgehead atoms. The number of benzene rings is 1. The number of hydrazine groups is 1. The van der Waals surface area contributed by atoms with Crippen molar-refractivity contribution in [2.75, 3.05) is 5.43 Å². The van der Waals surface area contributed by atoms with E-state index < -0.39 is 0 Å². The Labute approximate surface area is 78.3 Å². The molecule has 0 saturated carbocycles. The largest absolute Gasteiger partial charge is 0.298 e. The molecule has 12 heavy (non-hydrogen) atoms. The van der Waals surface area contributed by atoms with E-state index in [4.69, 9.17) is 0 Å². The lowest BCUT2D eigenvalue weighted by atomic mass is 10.1. The van der Waals surface area contributed by atoms with Crippen molar-refractivity contribution in [3.8, 4) is 0 Å². The summed E-state index contributed by atoms with van der Waals surface area (Å²) in [6.07, 6.45) is 0.446. The summed E-state index contributed by atoms with van der Waals surface area (Å²) in [7, 11) is 0. The molecule has 0 unspecified atom stereocenters. The number of halogens is 1. The lowest BCUT2D eigenvalue weighted by molar-refractivity contribution is -0.120. The van der Waals surface area contributed by atoms with Crippen LogP contribution in [0.15, 0.2) is 22.7 Å². The Morgan fingerprint density at radius 1 is 1.33 bits per heavy atom. The first-order valence-corrected chi connectivity index (χ1v) is 4.38. The molecule has 1 aromatic carbocycles. The van der Waals surface area contributed by atoms with Crippen LogP contribution in [0.4, 0.5) is 5.69 Å². The molecule has 3 nitrogen and oxygen atoms in total. The molecule has 1 aliphatic rings. The molecule has 0 fully saturated rings. The van der Waals surface area contributed by atoms with Gasteiger partial charge in [-0.15, -0.1) is 0 Å². The lowest BCUT2D eigenvalue weighted by Crippen LogP contribution is -2.35. The molecular weight excluding hydrogens is 220 g/mol. The van der Waals surface area contributed by atoms with Gasteiger partial charge in [-0.25, -0.2) is 0 Å². The SMILES string of the molecule is O=C1Cc2cc(Br)ccc2NN1. The average Bonchev–Trinajstić information content (AvgIpc) is 2.03. The molecule has 0 radical (unpaired) electrons. The molecule has 1 aromatic rings. The monoisotopic (exact) mass is 226 g/mol.